The van der Waals surface area contributed by atoms with Crippen LogP contribution in [0, 0.1) is 11.8 Å². The zero-order valence-corrected chi connectivity index (χ0v) is 12.1. The molecular formula is C14H15N3O3S. The van der Waals surface area contributed by atoms with E-state index in [1.807, 2.05) is 0 Å². The summed E-state index contributed by atoms with van der Waals surface area (Å²) in [5.41, 5.74) is -0.204. The number of carbonyl (C=O) groups excluding carboxylic acids is 1. The number of nitrogens with zero attached hydrogens (tertiary/aromatic N) is 3. The molecule has 7 heteroatoms. The standard InChI is InChI=1S/C14H15N3O3S/c18-11-2-1-8-6-16(7-10(8)11)12(19)9-5-15-14-17(13(9)20)3-4-21-14/h3-5,8,10-11,18H,1-2,6-7H2. The van der Waals surface area contributed by atoms with Crippen LogP contribution in [0.5, 0.6) is 0 Å². The van der Waals surface area contributed by atoms with Gasteiger partial charge >= 0.3 is 0 Å². The number of aromatic nitrogens is 2. The molecule has 1 saturated heterocycles. The quantitative estimate of drug-likeness (QED) is 0.837. The van der Waals surface area contributed by atoms with Crippen molar-refractivity contribution in [3.63, 3.8) is 0 Å². The monoisotopic (exact) mass is 305 g/mol. The van der Waals surface area contributed by atoms with Crippen LogP contribution >= 0.6 is 11.3 Å². The van der Waals surface area contributed by atoms with Crippen molar-refractivity contribution in [1.82, 2.24) is 14.3 Å². The lowest BCUT2D eigenvalue weighted by Crippen LogP contribution is -2.35. The van der Waals surface area contributed by atoms with Gasteiger partial charge in [0.05, 0.1) is 6.10 Å². The Morgan fingerprint density at radius 2 is 2.24 bits per heavy atom. The third-order valence-corrected chi connectivity index (χ3v) is 5.45. The maximum Gasteiger partial charge on any atom is 0.271 e. The van der Waals surface area contributed by atoms with E-state index in [2.05, 4.69) is 4.98 Å². The molecule has 1 saturated carbocycles. The molecule has 1 N–H and O–H groups in total. The third kappa shape index (κ3) is 1.91. The number of aliphatic hydroxyl groups is 1. The molecule has 0 bridgehead atoms. The van der Waals surface area contributed by atoms with Crippen molar-refractivity contribution >= 4 is 22.2 Å². The largest absolute Gasteiger partial charge is 0.393 e. The Hall–Kier alpha value is -1.73. The van der Waals surface area contributed by atoms with Crippen LogP contribution in [0.2, 0.25) is 0 Å². The van der Waals surface area contributed by atoms with E-state index in [4.69, 9.17) is 0 Å². The summed E-state index contributed by atoms with van der Waals surface area (Å²) in [7, 11) is 0. The van der Waals surface area contributed by atoms with Gasteiger partial charge < -0.3 is 10.0 Å². The molecule has 0 aromatic carbocycles. The highest BCUT2D eigenvalue weighted by Crippen LogP contribution is 2.38. The fourth-order valence-corrected chi connectivity index (χ4v) is 4.22. The highest BCUT2D eigenvalue weighted by molar-refractivity contribution is 7.15. The van der Waals surface area contributed by atoms with Crippen LogP contribution in [0.25, 0.3) is 4.96 Å². The molecule has 2 fully saturated rings. The van der Waals surface area contributed by atoms with Gasteiger partial charge in [0.1, 0.15) is 5.56 Å². The van der Waals surface area contributed by atoms with Crippen LogP contribution in [-0.4, -0.2) is 44.5 Å². The second-order valence-electron chi connectivity index (χ2n) is 5.81. The SMILES string of the molecule is O=C(c1cnc2sccn2c1=O)N1CC2CCC(O)C2C1. The van der Waals surface area contributed by atoms with Gasteiger partial charge in [-0.25, -0.2) is 4.98 Å². The summed E-state index contributed by atoms with van der Waals surface area (Å²) < 4.78 is 1.41. The number of rotatable bonds is 1. The maximum atomic E-state index is 12.6. The maximum absolute atomic E-state index is 12.6. The van der Waals surface area contributed by atoms with Crippen molar-refractivity contribution in [1.29, 1.82) is 0 Å². The Kier molecular flexibility index (Phi) is 2.87. The first-order valence-corrected chi connectivity index (χ1v) is 7.95. The molecule has 3 atom stereocenters. The van der Waals surface area contributed by atoms with Crippen LogP contribution in [-0.2, 0) is 0 Å². The molecule has 2 aromatic heterocycles. The highest BCUT2D eigenvalue weighted by Gasteiger charge is 2.43. The van der Waals surface area contributed by atoms with Crippen LogP contribution in [0.1, 0.15) is 23.2 Å². The topological polar surface area (TPSA) is 74.9 Å². The van der Waals surface area contributed by atoms with Gasteiger partial charge in [-0.3, -0.25) is 14.0 Å². The molecule has 1 aliphatic carbocycles. The van der Waals surface area contributed by atoms with Gasteiger partial charge in [0.25, 0.3) is 11.5 Å². The van der Waals surface area contributed by atoms with E-state index in [0.717, 1.165) is 12.8 Å². The van der Waals surface area contributed by atoms with E-state index in [-0.39, 0.29) is 29.1 Å². The number of amides is 1. The number of aliphatic hydroxyl groups excluding tert-OH is 1. The van der Waals surface area contributed by atoms with Crippen molar-refractivity contribution < 1.29 is 9.90 Å². The molecule has 1 aliphatic heterocycles. The van der Waals surface area contributed by atoms with Gasteiger partial charge in [-0.1, -0.05) is 0 Å². The summed E-state index contributed by atoms with van der Waals surface area (Å²) in [5, 5.41) is 11.7. The second-order valence-corrected chi connectivity index (χ2v) is 6.68. The van der Waals surface area contributed by atoms with E-state index >= 15 is 0 Å². The number of likely N-dealkylation sites (tertiary alicyclic amines) is 1. The number of fused-ring (bicyclic) bond motifs is 2. The van der Waals surface area contributed by atoms with Crippen LogP contribution in [0.15, 0.2) is 22.6 Å². The van der Waals surface area contributed by atoms with E-state index < -0.39 is 0 Å². The molecule has 110 valence electrons. The van der Waals surface area contributed by atoms with Crippen molar-refractivity contribution in [2.24, 2.45) is 11.8 Å². The highest BCUT2D eigenvalue weighted by atomic mass is 32.1. The van der Waals surface area contributed by atoms with Crippen molar-refractivity contribution in [2.45, 2.75) is 18.9 Å². The predicted octanol–water partition coefficient (Wildman–Crippen LogP) is 0.599. The first-order valence-electron chi connectivity index (χ1n) is 7.07. The molecular weight excluding hydrogens is 290 g/mol. The third-order valence-electron chi connectivity index (χ3n) is 4.68. The predicted molar refractivity (Wildman–Crippen MR) is 77.5 cm³/mol. The van der Waals surface area contributed by atoms with Crippen LogP contribution in [0.3, 0.4) is 0 Å². The molecule has 0 spiro atoms. The molecule has 1 amide bonds. The summed E-state index contributed by atoms with van der Waals surface area (Å²) >= 11 is 1.36. The minimum atomic E-state index is -0.316. The van der Waals surface area contributed by atoms with E-state index in [9.17, 15) is 14.7 Å². The summed E-state index contributed by atoms with van der Waals surface area (Å²) in [6.45, 7) is 1.17. The van der Waals surface area contributed by atoms with Gasteiger partial charge in [-0.05, 0) is 18.8 Å². The smallest absolute Gasteiger partial charge is 0.271 e. The summed E-state index contributed by atoms with van der Waals surface area (Å²) in [5.74, 6) is 0.258. The van der Waals surface area contributed by atoms with Gasteiger partial charge in [-0.2, -0.15) is 0 Å². The average molecular weight is 305 g/mol. The van der Waals surface area contributed by atoms with Gasteiger partial charge in [-0.15, -0.1) is 11.3 Å². The van der Waals surface area contributed by atoms with Gasteiger partial charge in [0.15, 0.2) is 4.96 Å². The minimum Gasteiger partial charge on any atom is -0.393 e. The number of carbonyl (C=O) groups is 1. The summed E-state index contributed by atoms with van der Waals surface area (Å²) in [6.07, 6.45) is 4.47. The zero-order chi connectivity index (χ0) is 14.6. The number of hydrogen-bond donors (Lipinski definition) is 1. The van der Waals surface area contributed by atoms with E-state index in [1.165, 1.54) is 21.9 Å². The van der Waals surface area contributed by atoms with Gasteiger partial charge in [0, 0.05) is 36.8 Å². The van der Waals surface area contributed by atoms with Crippen LogP contribution in [0.4, 0.5) is 0 Å². The molecule has 0 radical (unpaired) electrons. The zero-order valence-electron chi connectivity index (χ0n) is 11.3. The summed E-state index contributed by atoms with van der Waals surface area (Å²) in [6, 6.07) is 0. The fourth-order valence-electron chi connectivity index (χ4n) is 3.54. The molecule has 21 heavy (non-hydrogen) atoms. The molecule has 3 unspecified atom stereocenters. The van der Waals surface area contributed by atoms with Crippen LogP contribution < -0.4 is 5.56 Å². The summed E-state index contributed by atoms with van der Waals surface area (Å²) in [4.78, 5) is 31.3. The second kappa shape index (κ2) is 4.64. The lowest BCUT2D eigenvalue weighted by atomic mass is 10.00. The molecule has 3 heterocycles. The normalized spacial score (nSPS) is 28.2. The number of hydrogen-bond acceptors (Lipinski definition) is 5. The first kappa shape index (κ1) is 13.0. The van der Waals surface area contributed by atoms with E-state index in [1.54, 1.807) is 16.5 Å². The first-order chi connectivity index (χ1) is 10.1. The number of thiazole rings is 1. The Morgan fingerprint density at radius 3 is 3.05 bits per heavy atom. The molecule has 4 rings (SSSR count). The molecule has 2 aromatic rings. The van der Waals surface area contributed by atoms with Crippen molar-refractivity contribution in [3.8, 4) is 0 Å². The Morgan fingerprint density at radius 1 is 1.38 bits per heavy atom. The van der Waals surface area contributed by atoms with Gasteiger partial charge in [0.2, 0.25) is 0 Å². The lowest BCUT2D eigenvalue weighted by Gasteiger charge is -2.17. The lowest BCUT2D eigenvalue weighted by molar-refractivity contribution is 0.0750. The van der Waals surface area contributed by atoms with Crippen molar-refractivity contribution in [3.05, 3.63) is 33.7 Å². The van der Waals surface area contributed by atoms with Crippen molar-refractivity contribution in [2.75, 3.05) is 13.1 Å². The Labute approximate surface area is 124 Å². The average Bonchev–Trinajstić information content (AvgIpc) is 3.16. The van der Waals surface area contributed by atoms with E-state index in [0.29, 0.717) is 24.0 Å². The Bertz CT molecular complexity index is 768. The Balaban J connectivity index is 1.65. The fraction of sp³-hybridized carbons (Fsp3) is 0.500. The molecule has 6 nitrogen and oxygen atoms in total. The molecule has 2 aliphatic rings. The minimum absolute atomic E-state index is 0.111.